The Hall–Kier alpha value is -2.16. The quantitative estimate of drug-likeness (QED) is 0.839. The molecule has 3 N–H and O–H groups in total. The van der Waals surface area contributed by atoms with Crippen LogP contribution in [0.4, 0.5) is 14.7 Å². The van der Waals surface area contributed by atoms with Crippen LogP contribution in [0.3, 0.4) is 0 Å². The standard InChI is InChI=1S/C18H22F2N4O.H2O/c19-15-5-3-14(4-6-15)17(25)2-1-7-23-8-10-24(11-9-23)18-21-12-16(20)13-22-18;/h3-6,12-13,17,25H,1-2,7-11H2;1H2. The van der Waals surface area contributed by atoms with Crippen molar-refractivity contribution in [1.29, 1.82) is 0 Å². The molecule has 142 valence electrons. The zero-order valence-corrected chi connectivity index (χ0v) is 14.5. The molecule has 1 aliphatic rings. The zero-order valence-electron chi connectivity index (χ0n) is 14.5. The third-order valence-corrected chi connectivity index (χ3v) is 4.47. The molecule has 2 heterocycles. The molecule has 0 aliphatic carbocycles. The van der Waals surface area contributed by atoms with Crippen molar-refractivity contribution in [3.63, 3.8) is 0 Å². The number of hydrogen-bond donors (Lipinski definition) is 1. The molecule has 1 aromatic carbocycles. The fourth-order valence-corrected chi connectivity index (χ4v) is 3.00. The Bertz CT molecular complexity index is 662. The number of anilines is 1. The summed E-state index contributed by atoms with van der Waals surface area (Å²) in [4.78, 5) is 12.4. The third-order valence-electron chi connectivity index (χ3n) is 4.47. The molecule has 0 bridgehead atoms. The minimum absolute atomic E-state index is 0. The van der Waals surface area contributed by atoms with Crippen molar-refractivity contribution in [2.75, 3.05) is 37.6 Å². The fraction of sp³-hybridized carbons (Fsp3) is 0.444. The highest BCUT2D eigenvalue weighted by Crippen LogP contribution is 2.19. The monoisotopic (exact) mass is 366 g/mol. The molecule has 8 heteroatoms. The first-order valence-electron chi connectivity index (χ1n) is 8.50. The first-order valence-corrected chi connectivity index (χ1v) is 8.50. The summed E-state index contributed by atoms with van der Waals surface area (Å²) in [5.74, 6) is -0.158. The molecule has 6 nitrogen and oxygen atoms in total. The predicted molar refractivity (Wildman–Crippen MR) is 94.9 cm³/mol. The van der Waals surface area contributed by atoms with Gasteiger partial charge in [-0.05, 0) is 37.1 Å². The molecule has 3 rings (SSSR count). The maximum absolute atomic E-state index is 12.9. The van der Waals surface area contributed by atoms with Crippen LogP contribution in [0, 0.1) is 11.6 Å². The van der Waals surface area contributed by atoms with E-state index in [0.717, 1.165) is 44.7 Å². The third kappa shape index (κ3) is 5.42. The van der Waals surface area contributed by atoms with Crippen molar-refractivity contribution >= 4 is 5.95 Å². The van der Waals surface area contributed by atoms with Crippen molar-refractivity contribution in [1.82, 2.24) is 14.9 Å². The molecular formula is C18H24F2N4O2. The Morgan fingerprint density at radius 2 is 1.58 bits per heavy atom. The maximum atomic E-state index is 12.9. The molecule has 1 unspecified atom stereocenters. The summed E-state index contributed by atoms with van der Waals surface area (Å²) < 4.78 is 25.8. The van der Waals surface area contributed by atoms with E-state index in [4.69, 9.17) is 0 Å². The highest BCUT2D eigenvalue weighted by molar-refractivity contribution is 5.29. The highest BCUT2D eigenvalue weighted by atomic mass is 19.1. The van der Waals surface area contributed by atoms with Crippen molar-refractivity contribution in [2.24, 2.45) is 0 Å². The van der Waals surface area contributed by atoms with Gasteiger partial charge in [0.2, 0.25) is 5.95 Å². The number of aliphatic hydroxyl groups excluding tert-OH is 1. The fourth-order valence-electron chi connectivity index (χ4n) is 3.00. The van der Waals surface area contributed by atoms with Crippen LogP contribution in [0.1, 0.15) is 24.5 Å². The SMILES string of the molecule is O.OC(CCCN1CCN(c2ncc(F)cn2)CC1)c1ccc(F)cc1. The summed E-state index contributed by atoms with van der Waals surface area (Å²) in [7, 11) is 0. The van der Waals surface area contributed by atoms with E-state index in [1.54, 1.807) is 12.1 Å². The second-order valence-electron chi connectivity index (χ2n) is 6.24. The average molecular weight is 366 g/mol. The smallest absolute Gasteiger partial charge is 0.225 e. The van der Waals surface area contributed by atoms with Gasteiger partial charge in [-0.3, -0.25) is 4.90 Å². The Labute approximate surface area is 151 Å². The van der Waals surface area contributed by atoms with Gasteiger partial charge in [0.25, 0.3) is 0 Å². The molecule has 0 spiro atoms. The van der Waals surface area contributed by atoms with Crippen molar-refractivity contribution < 1.29 is 19.4 Å². The van der Waals surface area contributed by atoms with Gasteiger partial charge in [-0.2, -0.15) is 0 Å². The maximum Gasteiger partial charge on any atom is 0.225 e. The second-order valence-corrected chi connectivity index (χ2v) is 6.24. The second kappa shape index (κ2) is 9.51. The average Bonchev–Trinajstić information content (AvgIpc) is 2.63. The van der Waals surface area contributed by atoms with Crippen LogP contribution in [0.15, 0.2) is 36.7 Å². The Morgan fingerprint density at radius 1 is 0.962 bits per heavy atom. The minimum atomic E-state index is -0.561. The summed E-state index contributed by atoms with van der Waals surface area (Å²) in [6.45, 7) is 4.26. The van der Waals surface area contributed by atoms with Gasteiger partial charge in [0, 0.05) is 26.2 Å². The van der Waals surface area contributed by atoms with E-state index in [-0.39, 0.29) is 11.3 Å². The number of benzene rings is 1. The molecule has 1 saturated heterocycles. The van der Waals surface area contributed by atoms with E-state index in [2.05, 4.69) is 14.9 Å². The van der Waals surface area contributed by atoms with Gasteiger partial charge in [-0.15, -0.1) is 0 Å². The Balaban J connectivity index is 0.00000243. The first-order chi connectivity index (χ1) is 12.1. The van der Waals surface area contributed by atoms with Gasteiger partial charge in [0.05, 0.1) is 18.5 Å². The van der Waals surface area contributed by atoms with Gasteiger partial charge in [-0.1, -0.05) is 12.1 Å². The summed E-state index contributed by atoms with van der Waals surface area (Å²) in [5.41, 5.74) is 0.750. The summed E-state index contributed by atoms with van der Waals surface area (Å²) in [6, 6.07) is 5.99. The van der Waals surface area contributed by atoms with E-state index in [0.29, 0.717) is 12.4 Å². The molecule has 1 aliphatic heterocycles. The first kappa shape index (κ1) is 20.2. The number of hydrogen-bond acceptors (Lipinski definition) is 5. The van der Waals surface area contributed by atoms with Gasteiger partial charge >= 0.3 is 0 Å². The number of aliphatic hydroxyl groups is 1. The van der Waals surface area contributed by atoms with Gasteiger partial charge in [-0.25, -0.2) is 18.7 Å². The summed E-state index contributed by atoms with van der Waals surface area (Å²) in [6.07, 6.45) is 3.32. The normalized spacial score (nSPS) is 16.2. The lowest BCUT2D eigenvalue weighted by molar-refractivity contribution is 0.154. The van der Waals surface area contributed by atoms with Crippen molar-refractivity contribution in [3.8, 4) is 0 Å². The number of nitrogens with zero attached hydrogens (tertiary/aromatic N) is 4. The molecule has 1 atom stereocenters. The lowest BCUT2D eigenvalue weighted by Gasteiger charge is -2.34. The van der Waals surface area contributed by atoms with Crippen LogP contribution < -0.4 is 4.90 Å². The van der Waals surface area contributed by atoms with Crippen molar-refractivity contribution in [2.45, 2.75) is 18.9 Å². The van der Waals surface area contributed by atoms with E-state index < -0.39 is 11.9 Å². The minimum Gasteiger partial charge on any atom is -0.412 e. The molecule has 2 aromatic rings. The van der Waals surface area contributed by atoms with Crippen LogP contribution in [-0.2, 0) is 0 Å². The molecule has 1 aromatic heterocycles. The molecule has 0 amide bonds. The molecule has 0 saturated carbocycles. The summed E-state index contributed by atoms with van der Waals surface area (Å²) >= 11 is 0. The number of piperazine rings is 1. The zero-order chi connectivity index (χ0) is 17.6. The predicted octanol–water partition coefficient (Wildman–Crippen LogP) is 1.57. The molecular weight excluding hydrogens is 342 g/mol. The van der Waals surface area contributed by atoms with E-state index in [1.807, 2.05) is 4.90 Å². The van der Waals surface area contributed by atoms with Crippen LogP contribution in [0.25, 0.3) is 0 Å². The Kier molecular flexibility index (Phi) is 7.38. The van der Waals surface area contributed by atoms with Crippen LogP contribution in [0.2, 0.25) is 0 Å². The van der Waals surface area contributed by atoms with Gasteiger partial charge in [0.15, 0.2) is 5.82 Å². The molecule has 26 heavy (non-hydrogen) atoms. The number of halogens is 2. The largest absolute Gasteiger partial charge is 0.412 e. The summed E-state index contributed by atoms with van der Waals surface area (Å²) in [5, 5.41) is 10.2. The molecule has 0 radical (unpaired) electrons. The Morgan fingerprint density at radius 3 is 2.19 bits per heavy atom. The van der Waals surface area contributed by atoms with E-state index in [1.165, 1.54) is 24.5 Å². The van der Waals surface area contributed by atoms with Crippen LogP contribution >= 0.6 is 0 Å². The molecule has 1 fully saturated rings. The van der Waals surface area contributed by atoms with E-state index >= 15 is 0 Å². The number of rotatable bonds is 6. The van der Waals surface area contributed by atoms with Gasteiger partial charge in [0.1, 0.15) is 5.82 Å². The lowest BCUT2D eigenvalue weighted by atomic mass is 10.0. The van der Waals surface area contributed by atoms with Crippen molar-refractivity contribution in [3.05, 3.63) is 53.9 Å². The lowest BCUT2D eigenvalue weighted by Crippen LogP contribution is -2.47. The topological polar surface area (TPSA) is 84.0 Å². The van der Waals surface area contributed by atoms with E-state index in [9.17, 15) is 13.9 Å². The van der Waals surface area contributed by atoms with Crippen LogP contribution in [0.5, 0.6) is 0 Å². The highest BCUT2D eigenvalue weighted by Gasteiger charge is 2.19. The van der Waals surface area contributed by atoms with Crippen LogP contribution in [-0.4, -0.2) is 58.2 Å². The van der Waals surface area contributed by atoms with Gasteiger partial charge < -0.3 is 15.5 Å². The number of aromatic nitrogens is 2.